The molecule has 0 aromatic heterocycles. The number of nitrogens with zero attached hydrogens (tertiary/aromatic N) is 2. The lowest BCUT2D eigenvalue weighted by Crippen LogP contribution is -2.38. The van der Waals surface area contributed by atoms with E-state index < -0.39 is 0 Å². The highest BCUT2D eigenvalue weighted by Crippen LogP contribution is 2.61. The van der Waals surface area contributed by atoms with Gasteiger partial charge in [0, 0.05) is 27.6 Å². The minimum Gasteiger partial charge on any atom is -0.310 e. The summed E-state index contributed by atoms with van der Waals surface area (Å²) in [4.78, 5) is 5.02. The van der Waals surface area contributed by atoms with Crippen molar-refractivity contribution in [2.24, 2.45) is 0 Å². The zero-order valence-electron chi connectivity index (χ0n) is 40.0. The van der Waals surface area contributed by atoms with Gasteiger partial charge in [0.05, 0.1) is 22.7 Å². The Morgan fingerprint density at radius 3 is 1.17 bits per heavy atom. The van der Waals surface area contributed by atoms with Crippen LogP contribution in [0.2, 0.25) is 0 Å². The summed E-state index contributed by atoms with van der Waals surface area (Å²) in [6.45, 7) is 9.71. The van der Waals surface area contributed by atoms with Crippen molar-refractivity contribution < 1.29 is 0 Å². The summed E-state index contributed by atoms with van der Waals surface area (Å²) < 4.78 is 0. The Kier molecular flexibility index (Phi) is 9.58. The number of rotatable bonds is 7. The number of fused-ring (bicyclic) bond motifs is 7. The highest BCUT2D eigenvalue weighted by Gasteiger charge is 2.46. The summed E-state index contributed by atoms with van der Waals surface area (Å²) in [6, 6.07) is 89.8. The zero-order chi connectivity index (χ0) is 47.1. The third-order valence-electron chi connectivity index (χ3n) is 15.4. The molecule has 0 fully saturated rings. The molecule has 0 bridgehead atoms. The van der Waals surface area contributed by atoms with Gasteiger partial charge in [0.25, 0.3) is 0 Å². The van der Waals surface area contributed by atoms with Gasteiger partial charge in [-0.1, -0.05) is 204 Å². The molecular weight excluding hydrogens is 845 g/mol. The lowest BCUT2D eigenvalue weighted by atomic mass is 9.65. The summed E-state index contributed by atoms with van der Waals surface area (Å²) in [5.74, 6) is 0. The van der Waals surface area contributed by atoms with E-state index in [0.717, 1.165) is 17.1 Å². The molecule has 0 spiro atoms. The van der Waals surface area contributed by atoms with Crippen molar-refractivity contribution in [1.29, 1.82) is 0 Å². The molecule has 2 aliphatic heterocycles. The van der Waals surface area contributed by atoms with Gasteiger partial charge in [-0.3, -0.25) is 0 Å². The Morgan fingerprint density at radius 1 is 0.300 bits per heavy atom. The van der Waals surface area contributed by atoms with Gasteiger partial charge in [-0.05, 0) is 150 Å². The SMILES string of the molecule is CC1(C)c2cc(-c3ccccc3)ccc2N2c3ccc(-c4ccccc4)cc3C(C)(C)c3cc(-c4ccc(N(c5ccc(-c6ccccc6)cc5)c5cc6ccccc6c6ccccc56)cc4)cc1c32. The lowest BCUT2D eigenvalue weighted by Gasteiger charge is -2.50. The molecule has 2 aliphatic rings. The molecule has 0 aliphatic carbocycles. The van der Waals surface area contributed by atoms with Crippen LogP contribution in [0.15, 0.2) is 243 Å². The summed E-state index contributed by atoms with van der Waals surface area (Å²) in [5.41, 5.74) is 21.7. The number of anilines is 6. The molecule has 70 heavy (non-hydrogen) atoms. The van der Waals surface area contributed by atoms with Crippen LogP contribution in [-0.4, -0.2) is 0 Å². The van der Waals surface area contributed by atoms with Crippen molar-refractivity contribution in [1.82, 2.24) is 0 Å². The number of hydrogen-bond acceptors (Lipinski definition) is 2. The first kappa shape index (κ1) is 41.7. The van der Waals surface area contributed by atoms with Crippen LogP contribution in [0.25, 0.3) is 66.1 Å². The minimum atomic E-state index is -0.298. The molecule has 2 heteroatoms. The maximum absolute atomic E-state index is 2.58. The van der Waals surface area contributed by atoms with Crippen LogP contribution in [0.3, 0.4) is 0 Å². The molecule has 0 N–H and O–H groups in total. The smallest absolute Gasteiger partial charge is 0.0546 e. The molecule has 0 radical (unpaired) electrons. The van der Waals surface area contributed by atoms with Crippen LogP contribution in [0.4, 0.5) is 34.1 Å². The van der Waals surface area contributed by atoms with Crippen LogP contribution < -0.4 is 9.80 Å². The largest absolute Gasteiger partial charge is 0.310 e. The average Bonchev–Trinajstić information content (AvgIpc) is 3.42. The van der Waals surface area contributed by atoms with Gasteiger partial charge in [0.15, 0.2) is 0 Å². The van der Waals surface area contributed by atoms with Crippen LogP contribution in [0.1, 0.15) is 49.9 Å². The van der Waals surface area contributed by atoms with Gasteiger partial charge >= 0.3 is 0 Å². The quantitative estimate of drug-likeness (QED) is 0.147. The molecule has 11 aromatic rings. The van der Waals surface area contributed by atoms with Crippen LogP contribution in [0, 0.1) is 0 Å². The van der Waals surface area contributed by atoms with E-state index in [-0.39, 0.29) is 10.8 Å². The third kappa shape index (κ3) is 6.62. The molecule has 13 rings (SSSR count). The van der Waals surface area contributed by atoms with Gasteiger partial charge in [0.2, 0.25) is 0 Å². The van der Waals surface area contributed by atoms with E-state index in [2.05, 4.69) is 280 Å². The first-order chi connectivity index (χ1) is 34.2. The highest BCUT2D eigenvalue weighted by molar-refractivity contribution is 6.14. The minimum absolute atomic E-state index is 0.298. The molecule has 0 atom stereocenters. The normalized spacial score (nSPS) is 13.9. The summed E-state index contributed by atoms with van der Waals surface area (Å²) in [6.07, 6.45) is 0. The fourth-order valence-electron chi connectivity index (χ4n) is 11.6. The molecule has 0 amide bonds. The van der Waals surface area contributed by atoms with E-state index in [0.29, 0.717) is 0 Å². The van der Waals surface area contributed by atoms with E-state index in [1.54, 1.807) is 0 Å². The molecule has 0 saturated heterocycles. The average molecular weight is 897 g/mol. The summed E-state index contributed by atoms with van der Waals surface area (Å²) in [7, 11) is 0. The van der Waals surface area contributed by atoms with E-state index in [1.165, 1.54) is 105 Å². The zero-order valence-corrected chi connectivity index (χ0v) is 40.0. The van der Waals surface area contributed by atoms with Gasteiger partial charge in [0.1, 0.15) is 0 Å². The predicted molar refractivity (Wildman–Crippen MR) is 297 cm³/mol. The van der Waals surface area contributed by atoms with E-state index in [9.17, 15) is 0 Å². The standard InChI is InChI=1S/C68H52N2/c1-67(2)59-40-50(46-20-10-6-11-21-46)32-38-63(59)70-64-39-33-51(47-22-12-7-13-23-47)41-60(64)68(3,4)62-43-53(42-61(67)66(62)70)49-30-36-55(37-31-49)69(54-34-28-48(29-35-54)45-18-8-5-9-19-45)65-44-52-24-14-15-25-56(52)57-26-16-17-27-58(57)65/h5-44H,1-4H3. The number of hydrogen-bond donors (Lipinski definition) is 0. The van der Waals surface area contributed by atoms with Crippen LogP contribution in [0.5, 0.6) is 0 Å². The topological polar surface area (TPSA) is 6.48 Å². The fourth-order valence-corrected chi connectivity index (χ4v) is 11.6. The Balaban J connectivity index is 0.986. The van der Waals surface area contributed by atoms with Crippen molar-refractivity contribution in [3.8, 4) is 44.5 Å². The van der Waals surface area contributed by atoms with E-state index in [1.807, 2.05) is 0 Å². The Morgan fingerprint density at radius 2 is 0.671 bits per heavy atom. The summed E-state index contributed by atoms with van der Waals surface area (Å²) >= 11 is 0. The lowest BCUT2D eigenvalue weighted by molar-refractivity contribution is 0.598. The maximum Gasteiger partial charge on any atom is 0.0546 e. The highest BCUT2D eigenvalue weighted by atomic mass is 15.2. The second kappa shape index (κ2) is 16.1. The van der Waals surface area contributed by atoms with Gasteiger partial charge < -0.3 is 9.80 Å². The maximum atomic E-state index is 2.58. The van der Waals surface area contributed by atoms with Crippen molar-refractivity contribution >= 4 is 55.7 Å². The van der Waals surface area contributed by atoms with Gasteiger partial charge in [-0.25, -0.2) is 0 Å². The first-order valence-corrected chi connectivity index (χ1v) is 24.6. The van der Waals surface area contributed by atoms with Crippen LogP contribution >= 0.6 is 0 Å². The first-order valence-electron chi connectivity index (χ1n) is 24.6. The monoisotopic (exact) mass is 896 g/mol. The van der Waals surface area contributed by atoms with Gasteiger partial charge in [-0.2, -0.15) is 0 Å². The second-order valence-electron chi connectivity index (χ2n) is 20.2. The van der Waals surface area contributed by atoms with Crippen molar-refractivity contribution in [3.63, 3.8) is 0 Å². The molecule has 2 nitrogen and oxygen atoms in total. The molecule has 11 aromatic carbocycles. The molecular formula is C68H52N2. The van der Waals surface area contributed by atoms with E-state index in [4.69, 9.17) is 0 Å². The fraction of sp³-hybridized carbons (Fsp3) is 0.0882. The summed E-state index contributed by atoms with van der Waals surface area (Å²) in [5, 5.41) is 4.94. The number of benzene rings is 11. The Labute approximate surface area is 411 Å². The molecule has 2 heterocycles. The Hall–Kier alpha value is -8.46. The van der Waals surface area contributed by atoms with Crippen LogP contribution in [-0.2, 0) is 10.8 Å². The molecule has 0 saturated carbocycles. The third-order valence-corrected chi connectivity index (χ3v) is 15.4. The second-order valence-corrected chi connectivity index (χ2v) is 20.2. The van der Waals surface area contributed by atoms with Crippen molar-refractivity contribution in [2.75, 3.05) is 9.80 Å². The molecule has 0 unspecified atom stereocenters. The predicted octanol–water partition coefficient (Wildman–Crippen LogP) is 18.9. The molecule has 334 valence electrons. The van der Waals surface area contributed by atoms with Crippen molar-refractivity contribution in [2.45, 2.75) is 38.5 Å². The Bertz CT molecular complexity index is 3670. The van der Waals surface area contributed by atoms with E-state index >= 15 is 0 Å². The van der Waals surface area contributed by atoms with Crippen molar-refractivity contribution in [3.05, 3.63) is 265 Å². The van der Waals surface area contributed by atoms with Gasteiger partial charge in [-0.15, -0.1) is 0 Å².